The van der Waals surface area contributed by atoms with Gasteiger partial charge in [-0.05, 0) is 106 Å². The van der Waals surface area contributed by atoms with Crippen LogP contribution >= 0.6 is 0 Å². The van der Waals surface area contributed by atoms with Gasteiger partial charge in [-0.3, -0.25) is 4.79 Å². The van der Waals surface area contributed by atoms with Gasteiger partial charge in [0.2, 0.25) is 0 Å². The van der Waals surface area contributed by atoms with Crippen LogP contribution in [0.3, 0.4) is 0 Å². The molecule has 0 N–H and O–H groups in total. The van der Waals surface area contributed by atoms with E-state index in [0.29, 0.717) is 10.8 Å². The Labute approximate surface area is 176 Å². The van der Waals surface area contributed by atoms with Crippen LogP contribution in [0.4, 0.5) is 0 Å². The van der Waals surface area contributed by atoms with Crippen LogP contribution in [-0.4, -0.2) is 36.6 Å². The van der Waals surface area contributed by atoms with E-state index in [4.69, 9.17) is 4.74 Å². The quantitative estimate of drug-likeness (QED) is 0.474. The molecule has 1 saturated heterocycles. The van der Waals surface area contributed by atoms with E-state index in [9.17, 15) is 4.79 Å². The van der Waals surface area contributed by atoms with Gasteiger partial charge >= 0.3 is 5.97 Å². The van der Waals surface area contributed by atoms with Gasteiger partial charge in [0.1, 0.15) is 6.10 Å². The van der Waals surface area contributed by atoms with Gasteiger partial charge < -0.3 is 9.64 Å². The summed E-state index contributed by atoms with van der Waals surface area (Å²) in [4.78, 5) is 14.8. The summed E-state index contributed by atoms with van der Waals surface area (Å²) in [6.07, 6.45) is 15.3. The summed E-state index contributed by atoms with van der Waals surface area (Å²) < 4.78 is 5.91. The number of allylic oxidation sites excluding steroid dienone is 1. The lowest BCUT2D eigenvalue weighted by molar-refractivity contribution is -0.153. The molecular formula is C26H39NO2. The molecule has 8 unspecified atom stereocenters. The van der Waals surface area contributed by atoms with Gasteiger partial charge in [0.25, 0.3) is 0 Å². The standard InChI is InChI=1S/C26H39NO2/c1-16-21-8-9-23-20-7-6-18-14-19(29-24(28)17-4-5-17)10-12-25(18,2)22(20)11-13-26(21,23)15-27(16)3/h6,16-17,19-23H,4-5,7-15H2,1-3H3. The second kappa shape index (κ2) is 6.34. The topological polar surface area (TPSA) is 29.5 Å². The molecule has 6 rings (SSSR count). The number of esters is 1. The molecule has 1 aliphatic heterocycles. The predicted molar refractivity (Wildman–Crippen MR) is 114 cm³/mol. The van der Waals surface area contributed by atoms with Crippen LogP contribution in [0.15, 0.2) is 11.6 Å². The number of carbonyl (C=O) groups excluding carboxylic acids is 1. The maximum Gasteiger partial charge on any atom is 0.309 e. The number of hydrogen-bond donors (Lipinski definition) is 0. The zero-order chi connectivity index (χ0) is 20.0. The third kappa shape index (κ3) is 2.61. The van der Waals surface area contributed by atoms with Crippen LogP contribution < -0.4 is 0 Å². The normalized spacial score (nSPS) is 51.5. The van der Waals surface area contributed by atoms with Crippen molar-refractivity contribution in [3.8, 4) is 0 Å². The predicted octanol–water partition coefficient (Wildman–Crippen LogP) is 5.20. The van der Waals surface area contributed by atoms with Crippen molar-refractivity contribution in [2.24, 2.45) is 40.4 Å². The zero-order valence-corrected chi connectivity index (χ0v) is 18.7. The third-order valence-electron chi connectivity index (χ3n) is 10.9. The van der Waals surface area contributed by atoms with Crippen molar-refractivity contribution in [1.82, 2.24) is 4.90 Å². The highest BCUT2D eigenvalue weighted by atomic mass is 16.5. The summed E-state index contributed by atoms with van der Waals surface area (Å²) in [5.41, 5.74) is 2.62. The highest BCUT2D eigenvalue weighted by molar-refractivity contribution is 5.75. The minimum absolute atomic E-state index is 0.0870. The van der Waals surface area contributed by atoms with Gasteiger partial charge in [-0.1, -0.05) is 18.6 Å². The number of likely N-dealkylation sites (tertiary alicyclic amines) is 1. The lowest BCUT2D eigenvalue weighted by Crippen LogP contribution is -2.51. The van der Waals surface area contributed by atoms with Gasteiger partial charge in [-0.2, -0.15) is 0 Å². The molecule has 1 spiro atoms. The Hall–Kier alpha value is -0.830. The van der Waals surface area contributed by atoms with E-state index in [2.05, 4.69) is 31.9 Å². The van der Waals surface area contributed by atoms with Crippen molar-refractivity contribution in [3.05, 3.63) is 11.6 Å². The Morgan fingerprint density at radius 2 is 1.86 bits per heavy atom. The lowest BCUT2D eigenvalue weighted by Gasteiger charge is -2.58. The van der Waals surface area contributed by atoms with Crippen LogP contribution in [0.25, 0.3) is 0 Å². The van der Waals surface area contributed by atoms with E-state index in [1.54, 1.807) is 5.57 Å². The Balaban J connectivity index is 1.23. The van der Waals surface area contributed by atoms with Crippen molar-refractivity contribution >= 4 is 5.97 Å². The zero-order valence-electron chi connectivity index (χ0n) is 18.7. The molecule has 6 aliphatic rings. The van der Waals surface area contributed by atoms with Crippen molar-refractivity contribution in [2.75, 3.05) is 13.6 Å². The number of nitrogens with zero attached hydrogens (tertiary/aromatic N) is 1. The highest BCUT2D eigenvalue weighted by Crippen LogP contribution is 2.68. The SMILES string of the molecule is CC1C2CCC3C4CC=C5CC(OC(=O)C6CC6)CCC5(C)C4CCC32CN1C. The monoisotopic (exact) mass is 397 g/mol. The molecule has 3 heteroatoms. The molecule has 0 amide bonds. The van der Waals surface area contributed by atoms with Crippen LogP contribution in [0.2, 0.25) is 0 Å². The van der Waals surface area contributed by atoms with E-state index >= 15 is 0 Å². The number of hydrogen-bond acceptors (Lipinski definition) is 3. The molecule has 8 atom stereocenters. The Bertz CT molecular complexity index is 741. The average Bonchev–Trinajstić information content (AvgIpc) is 3.44. The highest BCUT2D eigenvalue weighted by Gasteiger charge is 2.64. The first-order valence-corrected chi connectivity index (χ1v) is 12.5. The molecule has 0 bridgehead atoms. The fourth-order valence-electron chi connectivity index (χ4n) is 9.11. The molecule has 0 aromatic rings. The maximum atomic E-state index is 12.2. The van der Waals surface area contributed by atoms with Crippen molar-refractivity contribution in [3.63, 3.8) is 0 Å². The summed E-state index contributed by atoms with van der Waals surface area (Å²) in [6, 6.07) is 0.776. The van der Waals surface area contributed by atoms with Crippen LogP contribution in [0.5, 0.6) is 0 Å². The molecule has 4 saturated carbocycles. The van der Waals surface area contributed by atoms with E-state index < -0.39 is 0 Å². The summed E-state index contributed by atoms with van der Waals surface area (Å²) in [5.74, 6) is 3.95. The van der Waals surface area contributed by atoms with Crippen molar-refractivity contribution < 1.29 is 9.53 Å². The molecule has 160 valence electrons. The fraction of sp³-hybridized carbons (Fsp3) is 0.885. The van der Waals surface area contributed by atoms with E-state index in [-0.39, 0.29) is 18.0 Å². The van der Waals surface area contributed by atoms with E-state index in [1.165, 1.54) is 45.1 Å². The Morgan fingerprint density at radius 1 is 1.07 bits per heavy atom. The summed E-state index contributed by atoms with van der Waals surface area (Å²) >= 11 is 0. The van der Waals surface area contributed by atoms with Crippen molar-refractivity contribution in [2.45, 2.75) is 90.2 Å². The molecular weight excluding hydrogens is 358 g/mol. The summed E-state index contributed by atoms with van der Waals surface area (Å²) in [5, 5.41) is 0. The average molecular weight is 398 g/mol. The van der Waals surface area contributed by atoms with Crippen LogP contribution in [0.1, 0.15) is 78.1 Å². The van der Waals surface area contributed by atoms with Crippen LogP contribution in [-0.2, 0) is 9.53 Å². The van der Waals surface area contributed by atoms with Gasteiger partial charge in [-0.25, -0.2) is 0 Å². The molecule has 5 aliphatic carbocycles. The van der Waals surface area contributed by atoms with E-state index in [0.717, 1.165) is 55.4 Å². The minimum Gasteiger partial charge on any atom is -0.462 e. The molecule has 3 nitrogen and oxygen atoms in total. The minimum atomic E-state index is 0.0870. The molecule has 0 aromatic heterocycles. The molecule has 0 aromatic carbocycles. The van der Waals surface area contributed by atoms with Gasteiger partial charge in [0.15, 0.2) is 0 Å². The number of fused-ring (bicyclic) bond motifs is 4. The van der Waals surface area contributed by atoms with Gasteiger partial charge in [-0.15, -0.1) is 0 Å². The van der Waals surface area contributed by atoms with Crippen LogP contribution in [0, 0.1) is 40.4 Å². The number of carbonyl (C=O) groups is 1. The molecule has 0 radical (unpaired) electrons. The summed E-state index contributed by atoms with van der Waals surface area (Å²) in [7, 11) is 2.37. The first kappa shape index (κ1) is 18.9. The number of ether oxygens (including phenoxy) is 1. The molecule has 5 fully saturated rings. The smallest absolute Gasteiger partial charge is 0.309 e. The second-order valence-electron chi connectivity index (χ2n) is 11.9. The summed E-state index contributed by atoms with van der Waals surface area (Å²) in [6.45, 7) is 6.40. The van der Waals surface area contributed by atoms with Gasteiger partial charge in [0.05, 0.1) is 5.92 Å². The Kier molecular flexibility index (Phi) is 4.13. The molecule has 1 heterocycles. The second-order valence-corrected chi connectivity index (χ2v) is 11.9. The number of rotatable bonds is 2. The lowest BCUT2D eigenvalue weighted by atomic mass is 9.47. The maximum absolute atomic E-state index is 12.2. The largest absolute Gasteiger partial charge is 0.462 e. The first-order chi connectivity index (χ1) is 13.9. The third-order valence-corrected chi connectivity index (χ3v) is 10.9. The first-order valence-electron chi connectivity index (χ1n) is 12.5. The fourth-order valence-corrected chi connectivity index (χ4v) is 9.11. The Morgan fingerprint density at radius 3 is 2.66 bits per heavy atom. The molecule has 29 heavy (non-hydrogen) atoms. The van der Waals surface area contributed by atoms with Gasteiger partial charge in [0, 0.05) is 19.0 Å². The van der Waals surface area contributed by atoms with Crippen molar-refractivity contribution in [1.29, 1.82) is 0 Å². The van der Waals surface area contributed by atoms with E-state index in [1.807, 2.05) is 0 Å².